The van der Waals surface area contributed by atoms with Crippen LogP contribution >= 0.6 is 0 Å². The minimum Gasteiger partial charge on any atom is -0.329 e. The number of anilines is 2. The van der Waals surface area contributed by atoms with E-state index in [1.165, 1.54) is 0 Å². The second-order valence-electron chi connectivity index (χ2n) is 4.89. The van der Waals surface area contributed by atoms with Crippen LogP contribution in [0.15, 0.2) is 36.7 Å². The standard InChI is InChI=1S/C15H20N4/c1-11(2)14-8-15(18-10-17-14)19(3)13-6-4-5-12(7-13)9-16/h4-8,10-11H,9,16H2,1-3H3. The first-order valence-corrected chi connectivity index (χ1v) is 6.46. The smallest absolute Gasteiger partial charge is 0.136 e. The summed E-state index contributed by atoms with van der Waals surface area (Å²) in [5.41, 5.74) is 8.92. The lowest BCUT2D eigenvalue weighted by Crippen LogP contribution is -2.12. The van der Waals surface area contributed by atoms with Crippen LogP contribution in [0.1, 0.15) is 31.0 Å². The Morgan fingerprint density at radius 3 is 2.68 bits per heavy atom. The fourth-order valence-corrected chi connectivity index (χ4v) is 1.88. The topological polar surface area (TPSA) is 55.0 Å². The Labute approximate surface area is 114 Å². The lowest BCUT2D eigenvalue weighted by Gasteiger charge is -2.19. The van der Waals surface area contributed by atoms with Gasteiger partial charge in [0, 0.05) is 31.0 Å². The molecule has 1 aromatic carbocycles. The van der Waals surface area contributed by atoms with Gasteiger partial charge in [-0.2, -0.15) is 0 Å². The molecule has 0 unspecified atom stereocenters. The zero-order valence-corrected chi connectivity index (χ0v) is 11.7. The highest BCUT2D eigenvalue weighted by Crippen LogP contribution is 2.24. The molecule has 4 nitrogen and oxygen atoms in total. The summed E-state index contributed by atoms with van der Waals surface area (Å²) in [6.45, 7) is 4.80. The summed E-state index contributed by atoms with van der Waals surface area (Å²) in [6, 6.07) is 10.2. The SMILES string of the molecule is CC(C)c1cc(N(C)c2cccc(CN)c2)ncn1. The van der Waals surface area contributed by atoms with Crippen LogP contribution in [0.25, 0.3) is 0 Å². The van der Waals surface area contributed by atoms with Crippen LogP contribution in [0.4, 0.5) is 11.5 Å². The fraction of sp³-hybridized carbons (Fsp3) is 0.333. The Morgan fingerprint density at radius 2 is 2.00 bits per heavy atom. The average molecular weight is 256 g/mol. The Kier molecular flexibility index (Phi) is 4.12. The Morgan fingerprint density at radius 1 is 1.21 bits per heavy atom. The lowest BCUT2D eigenvalue weighted by atomic mass is 10.1. The van der Waals surface area contributed by atoms with E-state index >= 15 is 0 Å². The molecule has 0 saturated carbocycles. The van der Waals surface area contributed by atoms with Crippen molar-refractivity contribution in [3.8, 4) is 0 Å². The van der Waals surface area contributed by atoms with Crippen molar-refractivity contribution in [2.45, 2.75) is 26.3 Å². The van der Waals surface area contributed by atoms with Crippen molar-refractivity contribution < 1.29 is 0 Å². The number of nitrogens with two attached hydrogens (primary N) is 1. The zero-order valence-electron chi connectivity index (χ0n) is 11.7. The quantitative estimate of drug-likeness (QED) is 0.914. The molecule has 2 rings (SSSR count). The highest BCUT2D eigenvalue weighted by molar-refractivity contribution is 5.60. The van der Waals surface area contributed by atoms with Gasteiger partial charge in [-0.3, -0.25) is 0 Å². The predicted molar refractivity (Wildman–Crippen MR) is 78.5 cm³/mol. The van der Waals surface area contributed by atoms with Gasteiger partial charge in [0.2, 0.25) is 0 Å². The van der Waals surface area contributed by atoms with Gasteiger partial charge in [-0.15, -0.1) is 0 Å². The summed E-state index contributed by atoms with van der Waals surface area (Å²) < 4.78 is 0. The third kappa shape index (κ3) is 3.09. The summed E-state index contributed by atoms with van der Waals surface area (Å²) in [5.74, 6) is 1.29. The molecule has 0 aliphatic heterocycles. The van der Waals surface area contributed by atoms with E-state index in [4.69, 9.17) is 5.73 Å². The first kappa shape index (κ1) is 13.5. The molecule has 0 fully saturated rings. The van der Waals surface area contributed by atoms with Crippen molar-refractivity contribution in [1.29, 1.82) is 0 Å². The van der Waals surface area contributed by atoms with Crippen LogP contribution in [-0.4, -0.2) is 17.0 Å². The Bertz CT molecular complexity index is 551. The molecule has 0 radical (unpaired) electrons. The van der Waals surface area contributed by atoms with Crippen LogP contribution in [0.5, 0.6) is 0 Å². The molecule has 0 spiro atoms. The summed E-state index contributed by atoms with van der Waals surface area (Å²) in [4.78, 5) is 10.7. The third-order valence-corrected chi connectivity index (χ3v) is 3.14. The van der Waals surface area contributed by atoms with Gasteiger partial charge in [-0.25, -0.2) is 9.97 Å². The van der Waals surface area contributed by atoms with Crippen LogP contribution in [-0.2, 0) is 6.54 Å². The number of hydrogen-bond donors (Lipinski definition) is 1. The second kappa shape index (κ2) is 5.80. The van der Waals surface area contributed by atoms with E-state index in [1.807, 2.05) is 30.1 Å². The van der Waals surface area contributed by atoms with E-state index in [1.54, 1.807) is 6.33 Å². The first-order chi connectivity index (χ1) is 9.11. The van der Waals surface area contributed by atoms with Crippen LogP contribution in [0, 0.1) is 0 Å². The van der Waals surface area contributed by atoms with E-state index in [9.17, 15) is 0 Å². The molecule has 0 aliphatic rings. The Balaban J connectivity index is 2.32. The minimum atomic E-state index is 0.394. The van der Waals surface area contributed by atoms with Gasteiger partial charge >= 0.3 is 0 Å². The highest BCUT2D eigenvalue weighted by Gasteiger charge is 2.09. The van der Waals surface area contributed by atoms with Gasteiger partial charge < -0.3 is 10.6 Å². The van der Waals surface area contributed by atoms with E-state index in [0.29, 0.717) is 12.5 Å². The number of hydrogen-bond acceptors (Lipinski definition) is 4. The summed E-state index contributed by atoms with van der Waals surface area (Å²) >= 11 is 0. The molecule has 0 saturated heterocycles. The third-order valence-electron chi connectivity index (χ3n) is 3.14. The summed E-state index contributed by atoms with van der Waals surface area (Å²) in [7, 11) is 2.00. The molecule has 0 aliphatic carbocycles. The molecular weight excluding hydrogens is 236 g/mol. The number of nitrogens with zero attached hydrogens (tertiary/aromatic N) is 3. The van der Waals surface area contributed by atoms with Gasteiger partial charge in [0.1, 0.15) is 12.1 Å². The lowest BCUT2D eigenvalue weighted by molar-refractivity contribution is 0.812. The zero-order chi connectivity index (χ0) is 13.8. The second-order valence-corrected chi connectivity index (χ2v) is 4.89. The average Bonchev–Trinajstić information content (AvgIpc) is 2.46. The van der Waals surface area contributed by atoms with Crippen LogP contribution < -0.4 is 10.6 Å². The molecule has 2 aromatic rings. The maximum absolute atomic E-state index is 5.68. The van der Waals surface area contributed by atoms with Crippen molar-refractivity contribution >= 4 is 11.5 Å². The van der Waals surface area contributed by atoms with E-state index in [0.717, 1.165) is 22.8 Å². The van der Waals surface area contributed by atoms with Gasteiger partial charge in [0.05, 0.1) is 0 Å². The van der Waals surface area contributed by atoms with Crippen molar-refractivity contribution in [3.05, 3.63) is 47.9 Å². The van der Waals surface area contributed by atoms with Crippen molar-refractivity contribution in [2.75, 3.05) is 11.9 Å². The molecule has 100 valence electrons. The molecular formula is C15H20N4. The Hall–Kier alpha value is -1.94. The van der Waals surface area contributed by atoms with Crippen molar-refractivity contribution in [3.63, 3.8) is 0 Å². The maximum Gasteiger partial charge on any atom is 0.136 e. The monoisotopic (exact) mass is 256 g/mol. The van der Waals surface area contributed by atoms with Gasteiger partial charge in [-0.05, 0) is 23.6 Å². The normalized spacial score (nSPS) is 10.8. The van der Waals surface area contributed by atoms with Gasteiger partial charge in [-0.1, -0.05) is 26.0 Å². The number of benzene rings is 1. The summed E-state index contributed by atoms with van der Waals surface area (Å²) in [5, 5.41) is 0. The van der Waals surface area contributed by atoms with Crippen molar-refractivity contribution in [2.24, 2.45) is 5.73 Å². The van der Waals surface area contributed by atoms with Crippen LogP contribution in [0.2, 0.25) is 0 Å². The molecule has 0 bridgehead atoms. The predicted octanol–water partition coefficient (Wildman–Crippen LogP) is 2.83. The molecule has 4 heteroatoms. The van der Waals surface area contributed by atoms with Gasteiger partial charge in [0.15, 0.2) is 0 Å². The largest absolute Gasteiger partial charge is 0.329 e. The summed E-state index contributed by atoms with van der Waals surface area (Å²) in [6.07, 6.45) is 1.62. The molecule has 0 atom stereocenters. The number of rotatable bonds is 4. The fourth-order valence-electron chi connectivity index (χ4n) is 1.88. The molecule has 1 heterocycles. The highest BCUT2D eigenvalue weighted by atomic mass is 15.2. The maximum atomic E-state index is 5.68. The van der Waals surface area contributed by atoms with E-state index in [-0.39, 0.29) is 0 Å². The van der Waals surface area contributed by atoms with E-state index in [2.05, 4.69) is 35.9 Å². The molecule has 0 amide bonds. The number of aromatic nitrogens is 2. The van der Waals surface area contributed by atoms with E-state index < -0.39 is 0 Å². The first-order valence-electron chi connectivity index (χ1n) is 6.46. The molecule has 1 aromatic heterocycles. The minimum absolute atomic E-state index is 0.394. The van der Waals surface area contributed by atoms with Crippen LogP contribution in [0.3, 0.4) is 0 Å². The molecule has 2 N–H and O–H groups in total. The molecule has 19 heavy (non-hydrogen) atoms. The van der Waals surface area contributed by atoms with Crippen molar-refractivity contribution in [1.82, 2.24) is 9.97 Å². The van der Waals surface area contributed by atoms with Gasteiger partial charge in [0.25, 0.3) is 0 Å².